The number of fused-ring (bicyclic) bond motifs is 1. The minimum atomic E-state index is -0.0233. The molecule has 3 heterocycles. The standard InChI is InChI=1S/C19H20N4O3/c1-22-18-15(12-20-22)14(19(24)23-7-9-26-10-8-23)11-16(21-18)13-5-3-4-6-17(13)25-2/h3-6,11-12H,7-10H2,1-2H3. The number of hydrogen-bond donors (Lipinski definition) is 0. The molecule has 0 saturated carbocycles. The first-order valence-electron chi connectivity index (χ1n) is 8.52. The van der Waals surface area contributed by atoms with Crippen LogP contribution in [0.3, 0.4) is 0 Å². The molecule has 0 N–H and O–H groups in total. The third-order valence-corrected chi connectivity index (χ3v) is 4.62. The zero-order valence-electron chi connectivity index (χ0n) is 14.8. The Labute approximate surface area is 151 Å². The van der Waals surface area contributed by atoms with E-state index in [2.05, 4.69) is 5.10 Å². The van der Waals surface area contributed by atoms with E-state index >= 15 is 0 Å². The number of methoxy groups -OCH3 is 1. The third kappa shape index (κ3) is 2.80. The van der Waals surface area contributed by atoms with E-state index in [-0.39, 0.29) is 5.91 Å². The molecule has 7 nitrogen and oxygen atoms in total. The Morgan fingerprint density at radius 2 is 2.00 bits per heavy atom. The molecular weight excluding hydrogens is 332 g/mol. The SMILES string of the molecule is COc1ccccc1-c1cc(C(=O)N2CCOCC2)c2cnn(C)c2n1. The number of para-hydroxylation sites is 1. The Hall–Kier alpha value is -2.93. The molecule has 7 heteroatoms. The van der Waals surface area contributed by atoms with Crippen LogP contribution in [0.1, 0.15) is 10.4 Å². The fourth-order valence-corrected chi connectivity index (χ4v) is 3.22. The van der Waals surface area contributed by atoms with Crippen molar-refractivity contribution in [2.75, 3.05) is 33.4 Å². The molecule has 0 radical (unpaired) electrons. The predicted molar refractivity (Wildman–Crippen MR) is 97.2 cm³/mol. The number of carbonyl (C=O) groups is 1. The third-order valence-electron chi connectivity index (χ3n) is 4.62. The highest BCUT2D eigenvalue weighted by atomic mass is 16.5. The Bertz CT molecular complexity index is 961. The summed E-state index contributed by atoms with van der Waals surface area (Å²) in [6.07, 6.45) is 1.70. The van der Waals surface area contributed by atoms with E-state index in [1.165, 1.54) is 0 Å². The molecule has 2 aromatic heterocycles. The fraction of sp³-hybridized carbons (Fsp3) is 0.316. The van der Waals surface area contributed by atoms with Crippen molar-refractivity contribution in [3.63, 3.8) is 0 Å². The first-order chi connectivity index (χ1) is 12.7. The van der Waals surface area contributed by atoms with Gasteiger partial charge in [0.05, 0.1) is 43.2 Å². The quantitative estimate of drug-likeness (QED) is 0.722. The summed E-state index contributed by atoms with van der Waals surface area (Å²) < 4.78 is 12.5. The van der Waals surface area contributed by atoms with E-state index in [0.717, 1.165) is 10.9 Å². The second kappa shape index (κ2) is 6.76. The summed E-state index contributed by atoms with van der Waals surface area (Å²) in [7, 11) is 3.45. The maximum Gasteiger partial charge on any atom is 0.254 e. The molecule has 1 aromatic carbocycles. The molecule has 1 saturated heterocycles. The van der Waals surface area contributed by atoms with Gasteiger partial charge in [-0.25, -0.2) is 4.98 Å². The summed E-state index contributed by atoms with van der Waals surface area (Å²) in [5.74, 6) is 0.691. The topological polar surface area (TPSA) is 69.5 Å². The van der Waals surface area contributed by atoms with Crippen molar-refractivity contribution >= 4 is 16.9 Å². The average molecular weight is 352 g/mol. The van der Waals surface area contributed by atoms with Crippen molar-refractivity contribution in [3.8, 4) is 17.0 Å². The number of pyridine rings is 1. The minimum Gasteiger partial charge on any atom is -0.496 e. The highest BCUT2D eigenvalue weighted by molar-refractivity contribution is 6.06. The summed E-state index contributed by atoms with van der Waals surface area (Å²) in [6, 6.07) is 9.49. The molecule has 0 spiro atoms. The fourth-order valence-electron chi connectivity index (χ4n) is 3.22. The van der Waals surface area contributed by atoms with Gasteiger partial charge in [-0.15, -0.1) is 0 Å². The van der Waals surface area contributed by atoms with Gasteiger partial charge < -0.3 is 14.4 Å². The van der Waals surface area contributed by atoms with Crippen LogP contribution in [0.25, 0.3) is 22.3 Å². The van der Waals surface area contributed by atoms with E-state index < -0.39 is 0 Å². The molecule has 4 rings (SSSR count). The number of hydrogen-bond acceptors (Lipinski definition) is 5. The number of carbonyl (C=O) groups excluding carboxylic acids is 1. The van der Waals surface area contributed by atoms with Crippen molar-refractivity contribution in [1.82, 2.24) is 19.7 Å². The molecule has 0 bridgehead atoms. The smallest absolute Gasteiger partial charge is 0.254 e. The lowest BCUT2D eigenvalue weighted by molar-refractivity contribution is 0.0304. The van der Waals surface area contributed by atoms with Gasteiger partial charge in [-0.3, -0.25) is 9.48 Å². The van der Waals surface area contributed by atoms with Crippen molar-refractivity contribution in [3.05, 3.63) is 42.1 Å². The van der Waals surface area contributed by atoms with Gasteiger partial charge in [0.25, 0.3) is 5.91 Å². The van der Waals surface area contributed by atoms with Crippen LogP contribution < -0.4 is 4.74 Å². The van der Waals surface area contributed by atoms with Crippen LogP contribution in [-0.2, 0) is 11.8 Å². The second-order valence-electron chi connectivity index (χ2n) is 6.17. The van der Waals surface area contributed by atoms with Crippen LogP contribution in [0.4, 0.5) is 0 Å². The van der Waals surface area contributed by atoms with Crippen LogP contribution in [0, 0.1) is 0 Å². The van der Waals surface area contributed by atoms with Gasteiger partial charge in [0.2, 0.25) is 0 Å². The number of morpholine rings is 1. The average Bonchev–Trinajstić information content (AvgIpc) is 3.08. The largest absolute Gasteiger partial charge is 0.496 e. The Morgan fingerprint density at radius 1 is 1.23 bits per heavy atom. The lowest BCUT2D eigenvalue weighted by Gasteiger charge is -2.27. The van der Waals surface area contributed by atoms with Crippen molar-refractivity contribution < 1.29 is 14.3 Å². The number of amides is 1. The van der Waals surface area contributed by atoms with E-state index in [0.29, 0.717) is 49.0 Å². The van der Waals surface area contributed by atoms with Gasteiger partial charge in [-0.2, -0.15) is 5.10 Å². The molecule has 1 aliphatic rings. The molecule has 134 valence electrons. The summed E-state index contributed by atoms with van der Waals surface area (Å²) in [4.78, 5) is 19.7. The van der Waals surface area contributed by atoms with Crippen molar-refractivity contribution in [2.24, 2.45) is 7.05 Å². The maximum atomic E-state index is 13.1. The predicted octanol–water partition coefficient (Wildman–Crippen LogP) is 2.12. The first-order valence-corrected chi connectivity index (χ1v) is 8.52. The Kier molecular flexibility index (Phi) is 4.30. The molecule has 0 atom stereocenters. The van der Waals surface area contributed by atoms with Crippen molar-refractivity contribution in [2.45, 2.75) is 0 Å². The summed E-state index contributed by atoms with van der Waals surface area (Å²) in [5, 5.41) is 5.04. The Morgan fingerprint density at radius 3 is 2.77 bits per heavy atom. The van der Waals surface area contributed by atoms with Crippen LogP contribution >= 0.6 is 0 Å². The van der Waals surface area contributed by atoms with Gasteiger partial charge in [0, 0.05) is 25.7 Å². The highest BCUT2D eigenvalue weighted by Gasteiger charge is 2.23. The lowest BCUT2D eigenvalue weighted by atomic mass is 10.0. The zero-order valence-corrected chi connectivity index (χ0v) is 14.8. The first kappa shape index (κ1) is 16.5. The lowest BCUT2D eigenvalue weighted by Crippen LogP contribution is -2.40. The van der Waals surface area contributed by atoms with Gasteiger partial charge in [-0.05, 0) is 18.2 Å². The monoisotopic (exact) mass is 352 g/mol. The molecule has 1 fully saturated rings. The van der Waals surface area contributed by atoms with Gasteiger partial charge >= 0.3 is 0 Å². The zero-order chi connectivity index (χ0) is 18.1. The van der Waals surface area contributed by atoms with Gasteiger partial charge in [0.15, 0.2) is 5.65 Å². The van der Waals surface area contributed by atoms with Gasteiger partial charge in [-0.1, -0.05) is 12.1 Å². The normalized spacial score (nSPS) is 14.6. The Balaban J connectivity index is 1.88. The number of nitrogens with zero attached hydrogens (tertiary/aromatic N) is 4. The number of rotatable bonds is 3. The summed E-state index contributed by atoms with van der Waals surface area (Å²) >= 11 is 0. The highest BCUT2D eigenvalue weighted by Crippen LogP contribution is 2.31. The number of aromatic nitrogens is 3. The summed E-state index contributed by atoms with van der Waals surface area (Å²) in [6.45, 7) is 2.30. The van der Waals surface area contributed by atoms with Crippen LogP contribution in [0.5, 0.6) is 5.75 Å². The number of benzene rings is 1. The maximum absolute atomic E-state index is 13.1. The summed E-state index contributed by atoms with van der Waals surface area (Å²) in [5.41, 5.74) is 2.81. The molecule has 1 amide bonds. The van der Waals surface area contributed by atoms with Gasteiger partial charge in [0.1, 0.15) is 5.75 Å². The van der Waals surface area contributed by atoms with Crippen molar-refractivity contribution in [1.29, 1.82) is 0 Å². The van der Waals surface area contributed by atoms with E-state index in [9.17, 15) is 4.79 Å². The second-order valence-corrected chi connectivity index (χ2v) is 6.17. The molecule has 0 unspecified atom stereocenters. The van der Waals surface area contributed by atoms with Crippen LogP contribution in [0.2, 0.25) is 0 Å². The number of ether oxygens (including phenoxy) is 2. The van der Waals surface area contributed by atoms with E-state index in [1.807, 2.05) is 42.3 Å². The molecular formula is C19H20N4O3. The van der Waals surface area contributed by atoms with E-state index in [1.54, 1.807) is 18.0 Å². The minimum absolute atomic E-state index is 0.0233. The number of aryl methyl sites for hydroxylation is 1. The van der Waals surface area contributed by atoms with Crippen LogP contribution in [-0.4, -0.2) is 59.0 Å². The molecule has 1 aliphatic heterocycles. The molecule has 3 aromatic rings. The molecule has 26 heavy (non-hydrogen) atoms. The van der Waals surface area contributed by atoms with Crippen LogP contribution in [0.15, 0.2) is 36.5 Å². The van der Waals surface area contributed by atoms with E-state index in [4.69, 9.17) is 14.5 Å². The molecule has 0 aliphatic carbocycles.